The van der Waals surface area contributed by atoms with E-state index in [1.807, 2.05) is 6.08 Å². The number of rotatable bonds is 45. The van der Waals surface area contributed by atoms with Crippen LogP contribution in [0.2, 0.25) is 0 Å². The van der Waals surface area contributed by atoms with E-state index in [1.54, 1.807) is 0 Å². The summed E-state index contributed by atoms with van der Waals surface area (Å²) in [6, 6.07) is 0. The van der Waals surface area contributed by atoms with Gasteiger partial charge in [-0.1, -0.05) is 209 Å². The summed E-state index contributed by atoms with van der Waals surface area (Å²) in [5.74, 6) is -0.892. The molecular formula is C50H90NO8P. The van der Waals surface area contributed by atoms with E-state index in [0.717, 1.165) is 51.4 Å². The lowest BCUT2D eigenvalue weighted by Crippen LogP contribution is -2.29. The van der Waals surface area contributed by atoms with Crippen LogP contribution in [0.15, 0.2) is 60.8 Å². The van der Waals surface area contributed by atoms with E-state index >= 15 is 0 Å². The maximum absolute atomic E-state index is 12.6. The molecule has 0 aromatic carbocycles. The number of esters is 2. The van der Waals surface area contributed by atoms with E-state index in [4.69, 9.17) is 24.3 Å². The van der Waals surface area contributed by atoms with Crippen molar-refractivity contribution in [3.8, 4) is 0 Å². The van der Waals surface area contributed by atoms with Crippen molar-refractivity contribution in [1.29, 1.82) is 0 Å². The van der Waals surface area contributed by atoms with Crippen molar-refractivity contribution in [3.05, 3.63) is 60.8 Å². The van der Waals surface area contributed by atoms with Crippen LogP contribution in [0.3, 0.4) is 0 Å². The van der Waals surface area contributed by atoms with Gasteiger partial charge in [0.15, 0.2) is 6.10 Å². The molecule has 0 aromatic heterocycles. The molecule has 60 heavy (non-hydrogen) atoms. The molecule has 2 atom stereocenters. The quantitative estimate of drug-likeness (QED) is 0.0265. The molecule has 0 rings (SSSR count). The first-order valence-corrected chi connectivity index (χ1v) is 25.8. The summed E-state index contributed by atoms with van der Waals surface area (Å²) < 4.78 is 32.8. The average Bonchev–Trinajstić information content (AvgIpc) is 3.24. The predicted molar refractivity (Wildman–Crippen MR) is 252 cm³/mol. The Bertz CT molecular complexity index is 1170. The lowest BCUT2D eigenvalue weighted by Gasteiger charge is -2.19. The Kier molecular flexibility index (Phi) is 44.5. The number of allylic oxidation sites excluding steroid dienone is 10. The van der Waals surface area contributed by atoms with E-state index in [2.05, 4.69) is 68.5 Å². The molecule has 0 amide bonds. The molecule has 3 N–H and O–H groups in total. The topological polar surface area (TPSA) is 134 Å². The van der Waals surface area contributed by atoms with Crippen molar-refractivity contribution in [2.75, 3.05) is 26.4 Å². The van der Waals surface area contributed by atoms with E-state index in [0.29, 0.717) is 12.8 Å². The number of carbonyl (C=O) groups excluding carboxylic acids is 2. The Balaban J connectivity index is 4.11. The number of nitrogens with two attached hydrogens (primary N) is 1. The maximum atomic E-state index is 12.6. The van der Waals surface area contributed by atoms with Gasteiger partial charge in [-0.3, -0.25) is 18.6 Å². The van der Waals surface area contributed by atoms with Crippen molar-refractivity contribution in [2.24, 2.45) is 5.73 Å². The highest BCUT2D eigenvalue weighted by molar-refractivity contribution is 7.47. The third-order valence-corrected chi connectivity index (χ3v) is 11.2. The highest BCUT2D eigenvalue weighted by Crippen LogP contribution is 2.43. The molecule has 10 heteroatoms. The summed E-state index contributed by atoms with van der Waals surface area (Å²) in [5, 5.41) is 0. The van der Waals surface area contributed by atoms with Gasteiger partial charge in [0, 0.05) is 19.4 Å². The predicted octanol–water partition coefficient (Wildman–Crippen LogP) is 14.4. The second kappa shape index (κ2) is 46.2. The summed E-state index contributed by atoms with van der Waals surface area (Å²) >= 11 is 0. The van der Waals surface area contributed by atoms with Crippen molar-refractivity contribution < 1.29 is 37.6 Å². The van der Waals surface area contributed by atoms with Crippen LogP contribution in [0.4, 0.5) is 0 Å². The molecule has 1 unspecified atom stereocenters. The smallest absolute Gasteiger partial charge is 0.462 e. The molecule has 0 saturated carbocycles. The second-order valence-corrected chi connectivity index (χ2v) is 17.4. The molecule has 9 nitrogen and oxygen atoms in total. The number of ether oxygens (including phenoxy) is 2. The van der Waals surface area contributed by atoms with Crippen LogP contribution in [0.25, 0.3) is 0 Å². The average molecular weight is 864 g/mol. The monoisotopic (exact) mass is 864 g/mol. The fraction of sp³-hybridized carbons (Fsp3) is 0.760. The van der Waals surface area contributed by atoms with Gasteiger partial charge in [-0.2, -0.15) is 0 Å². The fourth-order valence-corrected chi connectivity index (χ4v) is 7.38. The van der Waals surface area contributed by atoms with Crippen molar-refractivity contribution in [1.82, 2.24) is 0 Å². The van der Waals surface area contributed by atoms with Crippen LogP contribution < -0.4 is 5.73 Å². The van der Waals surface area contributed by atoms with Crippen LogP contribution in [-0.4, -0.2) is 49.3 Å². The summed E-state index contributed by atoms with van der Waals surface area (Å²) in [5.41, 5.74) is 5.35. The number of phosphoric acid groups is 1. The van der Waals surface area contributed by atoms with Crippen molar-refractivity contribution in [2.45, 2.75) is 219 Å². The van der Waals surface area contributed by atoms with Gasteiger partial charge in [0.2, 0.25) is 0 Å². The second-order valence-electron chi connectivity index (χ2n) is 16.0. The zero-order valence-electron chi connectivity index (χ0n) is 38.4. The Morgan fingerprint density at radius 3 is 1.35 bits per heavy atom. The lowest BCUT2D eigenvalue weighted by molar-refractivity contribution is -0.161. The number of unbranched alkanes of at least 4 members (excludes halogenated alkanes) is 22. The largest absolute Gasteiger partial charge is 0.472 e. The standard InChI is InChI=1S/C50H90NO8P/c1-3-5-7-9-11-13-15-17-19-21-22-23-24-25-27-28-30-32-34-36-38-40-42-49(52)56-46-48(47-58-60(54,55)57-45-44-51)59-50(53)43-41-39-37-35-33-31-29-26-20-18-16-14-12-10-8-6-4-2/h6,8,12,14,18,20,29,31,35,37,48H,3-5,7,9-11,13,15-17,19,21-28,30,32-34,36,38-47,51H2,1-2H3,(H,54,55)/b8-6+,14-12+,20-18+,31-29+,37-35+/t48-/m1/s1. The number of hydrogen-bond acceptors (Lipinski definition) is 8. The number of hydrogen-bond donors (Lipinski definition) is 2. The van der Waals surface area contributed by atoms with Gasteiger partial charge < -0.3 is 20.1 Å². The lowest BCUT2D eigenvalue weighted by atomic mass is 10.0. The van der Waals surface area contributed by atoms with Gasteiger partial charge in [0.05, 0.1) is 13.2 Å². The normalized spacial score (nSPS) is 13.7. The summed E-state index contributed by atoms with van der Waals surface area (Å²) in [6.45, 7) is 3.57. The molecule has 0 aliphatic carbocycles. The maximum Gasteiger partial charge on any atom is 0.472 e. The zero-order chi connectivity index (χ0) is 43.9. The van der Waals surface area contributed by atoms with E-state index in [-0.39, 0.29) is 32.6 Å². The first-order valence-electron chi connectivity index (χ1n) is 24.3. The van der Waals surface area contributed by atoms with E-state index in [1.165, 1.54) is 122 Å². The van der Waals surface area contributed by atoms with Gasteiger partial charge in [-0.25, -0.2) is 4.57 Å². The molecule has 0 saturated heterocycles. The molecule has 0 radical (unpaired) electrons. The van der Waals surface area contributed by atoms with Gasteiger partial charge in [0.1, 0.15) is 6.61 Å². The van der Waals surface area contributed by atoms with Crippen LogP contribution in [0.5, 0.6) is 0 Å². The molecule has 0 aliphatic rings. The number of phosphoric ester groups is 1. The molecule has 0 heterocycles. The number of carbonyl (C=O) groups is 2. The highest BCUT2D eigenvalue weighted by Gasteiger charge is 2.26. The summed E-state index contributed by atoms with van der Waals surface area (Å²) in [7, 11) is -4.40. The molecule has 0 spiro atoms. The zero-order valence-corrected chi connectivity index (χ0v) is 39.3. The van der Waals surface area contributed by atoms with Gasteiger partial charge in [-0.15, -0.1) is 0 Å². The fourth-order valence-electron chi connectivity index (χ4n) is 6.61. The third-order valence-electron chi connectivity index (χ3n) is 10.2. The van der Waals surface area contributed by atoms with Crippen LogP contribution >= 0.6 is 7.82 Å². The molecular weight excluding hydrogens is 774 g/mol. The van der Waals surface area contributed by atoms with Crippen LogP contribution in [-0.2, 0) is 32.7 Å². The third kappa shape index (κ3) is 45.2. The van der Waals surface area contributed by atoms with Crippen molar-refractivity contribution >= 4 is 19.8 Å². The molecule has 0 aromatic rings. The Morgan fingerprint density at radius 2 is 0.917 bits per heavy atom. The van der Waals surface area contributed by atoms with Gasteiger partial charge in [0.25, 0.3) is 0 Å². The summed E-state index contributed by atoms with van der Waals surface area (Å²) in [4.78, 5) is 35.0. The SMILES string of the molecule is CC/C=C/C/C=C/C/C=C/C/C=C/C/C=C/CCCC(=O)O[C@H](COC(=O)CCCCCCCCCCCCCCCCCCCCCCCC)COP(=O)(O)OCCN. The minimum Gasteiger partial charge on any atom is -0.462 e. The first-order chi connectivity index (χ1) is 29.3. The summed E-state index contributed by atoms with van der Waals surface area (Å²) in [6.07, 6.45) is 55.6. The molecule has 348 valence electrons. The minimum atomic E-state index is -4.40. The molecule has 0 fully saturated rings. The van der Waals surface area contributed by atoms with Gasteiger partial charge >= 0.3 is 19.8 Å². The minimum absolute atomic E-state index is 0.0430. The van der Waals surface area contributed by atoms with Crippen LogP contribution in [0, 0.1) is 0 Å². The first kappa shape index (κ1) is 57.7. The Hall–Kier alpha value is -2.29. The highest BCUT2D eigenvalue weighted by atomic mass is 31.2. The Labute approximate surface area is 368 Å². The van der Waals surface area contributed by atoms with Gasteiger partial charge in [-0.05, 0) is 51.4 Å². The molecule has 0 bridgehead atoms. The van der Waals surface area contributed by atoms with Crippen LogP contribution in [0.1, 0.15) is 213 Å². The van der Waals surface area contributed by atoms with E-state index < -0.39 is 32.5 Å². The van der Waals surface area contributed by atoms with E-state index in [9.17, 15) is 19.0 Å². The molecule has 0 aliphatic heterocycles. The van der Waals surface area contributed by atoms with Crippen molar-refractivity contribution in [3.63, 3.8) is 0 Å². The Morgan fingerprint density at radius 1 is 0.517 bits per heavy atom.